The zero-order valence-corrected chi connectivity index (χ0v) is 13.1. The van der Waals surface area contributed by atoms with Gasteiger partial charge in [0, 0.05) is 6.20 Å². The normalized spacial score (nSPS) is 16.6. The predicted molar refractivity (Wildman–Crippen MR) is 88.6 cm³/mol. The topological polar surface area (TPSA) is 25.2 Å². The van der Waals surface area contributed by atoms with Crippen LogP contribution in [0.4, 0.5) is 5.69 Å². The van der Waals surface area contributed by atoms with Gasteiger partial charge >= 0.3 is 0 Å². The van der Waals surface area contributed by atoms with Crippen LogP contribution in [0.1, 0.15) is 47.2 Å². The number of hydrogen-bond donors (Lipinski definition) is 0. The Bertz CT molecular complexity index is 675. The summed E-state index contributed by atoms with van der Waals surface area (Å²) in [5.74, 6) is 0. The van der Waals surface area contributed by atoms with Crippen LogP contribution >= 0.6 is 0 Å². The first-order chi connectivity index (χ1) is 10.1. The lowest BCUT2D eigenvalue weighted by molar-refractivity contribution is 0.775. The van der Waals surface area contributed by atoms with Crippen molar-refractivity contribution in [2.24, 2.45) is 4.99 Å². The van der Waals surface area contributed by atoms with E-state index in [4.69, 9.17) is 4.99 Å². The monoisotopic (exact) mass is 278 g/mol. The van der Waals surface area contributed by atoms with E-state index in [1.165, 1.54) is 35.1 Å². The van der Waals surface area contributed by atoms with Crippen molar-refractivity contribution in [1.82, 2.24) is 4.98 Å². The number of benzene rings is 1. The molecular formula is C19H22N2. The Hall–Kier alpha value is -1.96. The van der Waals surface area contributed by atoms with Gasteiger partial charge in [-0.15, -0.1) is 0 Å². The van der Waals surface area contributed by atoms with Gasteiger partial charge in [-0.2, -0.15) is 0 Å². The summed E-state index contributed by atoms with van der Waals surface area (Å²) < 4.78 is 0. The third-order valence-electron chi connectivity index (χ3n) is 4.16. The maximum Gasteiger partial charge on any atom is 0.0876 e. The average molecular weight is 278 g/mol. The van der Waals surface area contributed by atoms with Crippen molar-refractivity contribution in [1.29, 1.82) is 0 Å². The van der Waals surface area contributed by atoms with Gasteiger partial charge in [0.25, 0.3) is 0 Å². The lowest BCUT2D eigenvalue weighted by atomic mass is 10.0. The number of pyridine rings is 1. The Kier molecular flexibility index (Phi) is 3.87. The molecular weight excluding hydrogens is 256 g/mol. The summed E-state index contributed by atoms with van der Waals surface area (Å²) in [5.41, 5.74) is 8.52. The number of aliphatic imine (C=N–C) groups is 1. The van der Waals surface area contributed by atoms with E-state index in [1.807, 2.05) is 12.3 Å². The molecule has 0 saturated carbocycles. The van der Waals surface area contributed by atoms with Crippen LogP contribution in [0.5, 0.6) is 0 Å². The minimum Gasteiger partial charge on any atom is -0.255 e. The highest BCUT2D eigenvalue weighted by Crippen LogP contribution is 2.28. The van der Waals surface area contributed by atoms with E-state index < -0.39 is 0 Å². The molecule has 2 aromatic rings. The molecule has 2 nitrogen and oxygen atoms in total. The number of hydrogen-bond acceptors (Lipinski definition) is 2. The van der Waals surface area contributed by atoms with Crippen LogP contribution in [0, 0.1) is 20.8 Å². The first-order valence-corrected chi connectivity index (χ1v) is 7.75. The second-order valence-corrected chi connectivity index (χ2v) is 6.02. The van der Waals surface area contributed by atoms with E-state index in [0.717, 1.165) is 29.9 Å². The van der Waals surface area contributed by atoms with E-state index in [-0.39, 0.29) is 0 Å². The first-order valence-electron chi connectivity index (χ1n) is 7.75. The highest BCUT2D eigenvalue weighted by Gasteiger charge is 2.15. The van der Waals surface area contributed by atoms with Crippen LogP contribution in [-0.2, 0) is 6.42 Å². The van der Waals surface area contributed by atoms with Crippen molar-refractivity contribution in [3.63, 3.8) is 0 Å². The van der Waals surface area contributed by atoms with Crippen LogP contribution in [0.25, 0.3) is 0 Å². The Morgan fingerprint density at radius 3 is 2.48 bits per heavy atom. The summed E-state index contributed by atoms with van der Waals surface area (Å²) in [6.07, 6.45) is 6.45. The summed E-state index contributed by atoms with van der Waals surface area (Å²) in [6, 6.07) is 8.65. The molecule has 21 heavy (non-hydrogen) atoms. The molecule has 0 spiro atoms. The van der Waals surface area contributed by atoms with Gasteiger partial charge in [-0.25, -0.2) is 0 Å². The highest BCUT2D eigenvalue weighted by molar-refractivity contribution is 6.02. The molecule has 1 aliphatic carbocycles. The highest BCUT2D eigenvalue weighted by atomic mass is 14.8. The molecule has 0 N–H and O–H groups in total. The summed E-state index contributed by atoms with van der Waals surface area (Å²) >= 11 is 0. The molecule has 0 bridgehead atoms. The fraction of sp³-hybridized carbons (Fsp3) is 0.368. The van der Waals surface area contributed by atoms with E-state index in [0.29, 0.717) is 0 Å². The lowest BCUT2D eigenvalue weighted by Gasteiger charge is -2.11. The zero-order valence-electron chi connectivity index (χ0n) is 13.1. The Morgan fingerprint density at radius 1 is 1.00 bits per heavy atom. The molecule has 2 heteroatoms. The first kappa shape index (κ1) is 14.0. The molecule has 0 aliphatic heterocycles. The molecule has 3 rings (SSSR count). The van der Waals surface area contributed by atoms with Gasteiger partial charge in [0.1, 0.15) is 0 Å². The van der Waals surface area contributed by atoms with Crippen molar-refractivity contribution in [3.05, 3.63) is 58.4 Å². The fourth-order valence-electron chi connectivity index (χ4n) is 3.22. The summed E-state index contributed by atoms with van der Waals surface area (Å²) in [6.45, 7) is 6.43. The van der Waals surface area contributed by atoms with Gasteiger partial charge in [-0.05, 0) is 69.2 Å². The quantitative estimate of drug-likeness (QED) is 0.684. The van der Waals surface area contributed by atoms with E-state index >= 15 is 0 Å². The molecule has 1 aromatic carbocycles. The van der Waals surface area contributed by atoms with E-state index in [9.17, 15) is 0 Å². The van der Waals surface area contributed by atoms with Crippen LogP contribution < -0.4 is 0 Å². The minimum absolute atomic E-state index is 1.02. The van der Waals surface area contributed by atoms with Crippen LogP contribution in [0.2, 0.25) is 0 Å². The Labute approximate surface area is 127 Å². The third kappa shape index (κ3) is 2.90. The van der Waals surface area contributed by atoms with Crippen LogP contribution in [0.3, 0.4) is 0 Å². The predicted octanol–water partition coefficient (Wildman–Crippen LogP) is 4.85. The molecule has 0 atom stereocenters. The molecule has 0 unspecified atom stereocenters. The molecule has 0 radical (unpaired) electrons. The third-order valence-corrected chi connectivity index (χ3v) is 4.16. The lowest BCUT2D eigenvalue weighted by Crippen LogP contribution is -2.05. The number of rotatable bonds is 1. The van der Waals surface area contributed by atoms with E-state index in [2.05, 4.69) is 44.0 Å². The van der Waals surface area contributed by atoms with Gasteiger partial charge in [-0.3, -0.25) is 9.98 Å². The summed E-state index contributed by atoms with van der Waals surface area (Å²) in [5, 5.41) is 0. The maximum absolute atomic E-state index is 5.01. The number of aryl methyl sites for hydroxylation is 4. The molecule has 108 valence electrons. The smallest absolute Gasteiger partial charge is 0.0876 e. The van der Waals surface area contributed by atoms with Crippen molar-refractivity contribution in [2.75, 3.05) is 0 Å². The molecule has 0 fully saturated rings. The molecule has 0 amide bonds. The standard InChI is InChI=1S/C19H22N2/c1-13-11-14(2)18(15(3)12-13)21-17-9-5-4-7-16-8-6-10-20-19(16)17/h6,8,10-12H,4-5,7,9H2,1-3H3. The van der Waals surface area contributed by atoms with Gasteiger partial charge in [0.2, 0.25) is 0 Å². The van der Waals surface area contributed by atoms with Gasteiger partial charge in [-0.1, -0.05) is 23.8 Å². The summed E-state index contributed by atoms with van der Waals surface area (Å²) in [4.78, 5) is 9.62. The number of nitrogens with zero attached hydrogens (tertiary/aromatic N) is 2. The van der Waals surface area contributed by atoms with E-state index in [1.54, 1.807) is 0 Å². The SMILES string of the molecule is Cc1cc(C)c(N=C2CCCCc3cccnc32)c(C)c1. The van der Waals surface area contributed by atoms with Crippen molar-refractivity contribution in [3.8, 4) is 0 Å². The number of aromatic nitrogens is 1. The largest absolute Gasteiger partial charge is 0.255 e. The van der Waals surface area contributed by atoms with Crippen molar-refractivity contribution in [2.45, 2.75) is 46.5 Å². The second kappa shape index (κ2) is 5.80. The number of fused-ring (bicyclic) bond motifs is 1. The molecule has 0 saturated heterocycles. The maximum atomic E-state index is 5.01. The summed E-state index contributed by atoms with van der Waals surface area (Å²) in [7, 11) is 0. The Morgan fingerprint density at radius 2 is 1.71 bits per heavy atom. The van der Waals surface area contributed by atoms with Crippen LogP contribution in [-0.4, -0.2) is 10.7 Å². The zero-order chi connectivity index (χ0) is 14.8. The minimum atomic E-state index is 1.02. The molecule has 1 heterocycles. The van der Waals surface area contributed by atoms with Gasteiger partial charge in [0.05, 0.1) is 17.1 Å². The fourth-order valence-corrected chi connectivity index (χ4v) is 3.22. The molecule has 1 aliphatic rings. The average Bonchev–Trinajstić information content (AvgIpc) is 2.65. The van der Waals surface area contributed by atoms with Crippen molar-refractivity contribution >= 4 is 11.4 Å². The second-order valence-electron chi connectivity index (χ2n) is 6.02. The van der Waals surface area contributed by atoms with Gasteiger partial charge < -0.3 is 0 Å². The molecule has 1 aromatic heterocycles. The van der Waals surface area contributed by atoms with Gasteiger partial charge in [0.15, 0.2) is 0 Å². The van der Waals surface area contributed by atoms with Crippen LogP contribution in [0.15, 0.2) is 35.5 Å². The Balaban J connectivity index is 2.12. The van der Waals surface area contributed by atoms with Crippen molar-refractivity contribution < 1.29 is 0 Å².